The third-order valence-corrected chi connectivity index (χ3v) is 3.60. The van der Waals surface area contributed by atoms with E-state index in [2.05, 4.69) is 15.5 Å². The summed E-state index contributed by atoms with van der Waals surface area (Å²) in [5.41, 5.74) is 2.03. The number of nitrogens with zero attached hydrogens (tertiary/aromatic N) is 2. The molecule has 2 aromatic heterocycles. The minimum Gasteiger partial charge on any atom is -0.459 e. The van der Waals surface area contributed by atoms with Crippen LogP contribution in [0.1, 0.15) is 10.6 Å². The molecule has 0 atom stereocenters. The van der Waals surface area contributed by atoms with Crippen molar-refractivity contribution in [2.24, 2.45) is 0 Å². The van der Waals surface area contributed by atoms with E-state index >= 15 is 0 Å². The van der Waals surface area contributed by atoms with Crippen molar-refractivity contribution < 1.29 is 13.6 Å². The topological polar surface area (TPSA) is 81.2 Å². The van der Waals surface area contributed by atoms with Crippen molar-refractivity contribution in [1.29, 1.82) is 0 Å². The van der Waals surface area contributed by atoms with E-state index in [1.54, 1.807) is 24.3 Å². The second kappa shape index (κ2) is 6.45. The summed E-state index contributed by atoms with van der Waals surface area (Å²) < 4.78 is 10.9. The summed E-state index contributed by atoms with van der Waals surface area (Å²) in [6, 6.07) is 20.0. The quantitative estimate of drug-likeness (QED) is 0.604. The average molecular weight is 331 g/mol. The van der Waals surface area contributed by atoms with Crippen LogP contribution in [0, 0.1) is 0 Å². The number of rotatable bonds is 4. The fourth-order valence-corrected chi connectivity index (χ4v) is 2.40. The van der Waals surface area contributed by atoms with Crippen molar-refractivity contribution in [3.8, 4) is 22.9 Å². The third kappa shape index (κ3) is 3.05. The van der Waals surface area contributed by atoms with Gasteiger partial charge in [0.05, 0.1) is 17.5 Å². The van der Waals surface area contributed by atoms with Gasteiger partial charge in [-0.2, -0.15) is 0 Å². The molecule has 0 radical (unpaired) electrons. The highest BCUT2D eigenvalue weighted by Gasteiger charge is 2.16. The summed E-state index contributed by atoms with van der Waals surface area (Å²) >= 11 is 0. The van der Waals surface area contributed by atoms with Crippen LogP contribution in [0.25, 0.3) is 22.9 Å². The maximum atomic E-state index is 12.2. The van der Waals surface area contributed by atoms with Crippen molar-refractivity contribution in [2.75, 3.05) is 5.32 Å². The van der Waals surface area contributed by atoms with E-state index in [9.17, 15) is 4.79 Å². The van der Waals surface area contributed by atoms with Crippen LogP contribution in [0.5, 0.6) is 0 Å². The molecule has 25 heavy (non-hydrogen) atoms. The molecule has 0 fully saturated rings. The Morgan fingerprint density at radius 3 is 2.40 bits per heavy atom. The highest BCUT2D eigenvalue weighted by molar-refractivity contribution is 6.04. The minimum absolute atomic E-state index is 0.227. The number of carbonyl (C=O) groups is 1. The largest absolute Gasteiger partial charge is 0.459 e. The molecular formula is C19H13N3O3. The number of carbonyl (C=O) groups excluding carboxylic acids is 1. The molecule has 0 aliphatic rings. The predicted octanol–water partition coefficient (Wildman–Crippen LogP) is 4.25. The third-order valence-electron chi connectivity index (χ3n) is 3.60. The molecule has 1 N–H and O–H groups in total. The van der Waals surface area contributed by atoms with Crippen molar-refractivity contribution in [3.63, 3.8) is 0 Å². The van der Waals surface area contributed by atoms with Crippen LogP contribution in [0.15, 0.2) is 81.8 Å². The molecule has 1 amide bonds. The molecule has 0 spiro atoms. The van der Waals surface area contributed by atoms with Gasteiger partial charge in [0.25, 0.3) is 5.91 Å². The van der Waals surface area contributed by atoms with Crippen LogP contribution in [-0.2, 0) is 0 Å². The first-order valence-corrected chi connectivity index (χ1v) is 7.64. The molecule has 4 rings (SSSR count). The second-order valence-electron chi connectivity index (χ2n) is 5.26. The lowest BCUT2D eigenvalue weighted by atomic mass is 10.1. The Kier molecular flexibility index (Phi) is 3.84. The lowest BCUT2D eigenvalue weighted by Crippen LogP contribution is -2.11. The van der Waals surface area contributed by atoms with E-state index in [4.69, 9.17) is 8.83 Å². The Labute approximate surface area is 143 Å². The Morgan fingerprint density at radius 2 is 1.60 bits per heavy atom. The van der Waals surface area contributed by atoms with Crippen molar-refractivity contribution >= 4 is 11.6 Å². The number of anilines is 1. The van der Waals surface area contributed by atoms with Crippen LogP contribution in [0.3, 0.4) is 0 Å². The van der Waals surface area contributed by atoms with Gasteiger partial charge in [-0.1, -0.05) is 30.3 Å². The number of nitrogens with one attached hydrogen (secondary N) is 1. The van der Waals surface area contributed by atoms with Gasteiger partial charge in [-0.05, 0) is 36.4 Å². The maximum Gasteiger partial charge on any atom is 0.291 e. The first-order chi connectivity index (χ1) is 12.3. The van der Waals surface area contributed by atoms with Crippen molar-refractivity contribution in [2.45, 2.75) is 0 Å². The van der Waals surface area contributed by atoms with Crippen molar-refractivity contribution in [1.82, 2.24) is 10.2 Å². The molecule has 2 aromatic carbocycles. The molecule has 6 nitrogen and oxygen atoms in total. The van der Waals surface area contributed by atoms with Gasteiger partial charge in [-0.25, -0.2) is 0 Å². The number of para-hydroxylation sites is 1. The number of furan rings is 1. The fourth-order valence-electron chi connectivity index (χ4n) is 2.40. The second-order valence-corrected chi connectivity index (χ2v) is 5.26. The molecule has 0 aliphatic heterocycles. The first-order valence-electron chi connectivity index (χ1n) is 7.64. The highest BCUT2D eigenvalue weighted by Crippen LogP contribution is 2.29. The standard InChI is InChI=1S/C19H13N3O3/c23-17(16-11-6-12-24-16)20-15-10-5-4-9-14(15)19-22-21-18(25-19)13-7-2-1-3-8-13/h1-12H,(H,20,23). The van der Waals surface area contributed by atoms with Gasteiger partial charge in [-0.15, -0.1) is 10.2 Å². The molecule has 122 valence electrons. The van der Waals surface area contributed by atoms with Gasteiger partial charge in [-0.3, -0.25) is 4.79 Å². The van der Waals surface area contributed by atoms with Gasteiger partial charge in [0.2, 0.25) is 11.8 Å². The zero-order chi connectivity index (χ0) is 17.1. The van der Waals surface area contributed by atoms with Gasteiger partial charge < -0.3 is 14.2 Å². The minimum atomic E-state index is -0.347. The molecule has 0 saturated heterocycles. The van der Waals surface area contributed by atoms with E-state index in [1.165, 1.54) is 6.26 Å². The summed E-state index contributed by atoms with van der Waals surface area (Å²) in [7, 11) is 0. The summed E-state index contributed by atoms with van der Waals surface area (Å²) in [5.74, 6) is 0.627. The SMILES string of the molecule is O=C(Nc1ccccc1-c1nnc(-c2ccccc2)o1)c1ccco1. The predicted molar refractivity (Wildman–Crippen MR) is 91.8 cm³/mol. The summed E-state index contributed by atoms with van der Waals surface area (Å²) in [5, 5.41) is 11.0. The van der Waals surface area contributed by atoms with E-state index in [0.717, 1.165) is 5.56 Å². The molecule has 0 bridgehead atoms. The highest BCUT2D eigenvalue weighted by atomic mass is 16.4. The van der Waals surface area contributed by atoms with Crippen LogP contribution in [0.4, 0.5) is 5.69 Å². The lowest BCUT2D eigenvalue weighted by molar-refractivity contribution is 0.0996. The van der Waals surface area contributed by atoms with Crippen LogP contribution < -0.4 is 5.32 Å². The van der Waals surface area contributed by atoms with Crippen LogP contribution in [0.2, 0.25) is 0 Å². The van der Waals surface area contributed by atoms with Crippen LogP contribution in [-0.4, -0.2) is 16.1 Å². The number of amides is 1. The number of hydrogen-bond acceptors (Lipinski definition) is 5. The van der Waals surface area contributed by atoms with Gasteiger partial charge in [0.15, 0.2) is 5.76 Å². The number of aromatic nitrogens is 2. The molecule has 0 aliphatic carbocycles. The summed E-state index contributed by atoms with van der Waals surface area (Å²) in [6.07, 6.45) is 1.45. The number of benzene rings is 2. The monoisotopic (exact) mass is 331 g/mol. The van der Waals surface area contributed by atoms with Gasteiger partial charge in [0.1, 0.15) is 0 Å². The van der Waals surface area contributed by atoms with E-state index in [-0.39, 0.29) is 11.7 Å². The van der Waals surface area contributed by atoms with Crippen molar-refractivity contribution in [3.05, 3.63) is 78.8 Å². The molecule has 6 heteroatoms. The molecule has 4 aromatic rings. The maximum absolute atomic E-state index is 12.2. The first kappa shape index (κ1) is 14.9. The molecular weight excluding hydrogens is 318 g/mol. The summed E-state index contributed by atoms with van der Waals surface area (Å²) in [4.78, 5) is 12.2. The Morgan fingerprint density at radius 1 is 0.840 bits per heavy atom. The molecule has 0 saturated carbocycles. The fraction of sp³-hybridized carbons (Fsp3) is 0. The zero-order valence-corrected chi connectivity index (χ0v) is 13.0. The zero-order valence-electron chi connectivity index (χ0n) is 13.0. The van der Waals surface area contributed by atoms with Crippen LogP contribution >= 0.6 is 0 Å². The van der Waals surface area contributed by atoms with E-state index in [0.29, 0.717) is 23.0 Å². The average Bonchev–Trinajstić information content (AvgIpc) is 3.35. The van der Waals surface area contributed by atoms with E-state index in [1.807, 2.05) is 42.5 Å². The Hall–Kier alpha value is -3.67. The Balaban J connectivity index is 1.65. The lowest BCUT2D eigenvalue weighted by Gasteiger charge is -2.07. The molecule has 0 unspecified atom stereocenters. The normalized spacial score (nSPS) is 10.6. The summed E-state index contributed by atoms with van der Waals surface area (Å²) in [6.45, 7) is 0. The van der Waals surface area contributed by atoms with Gasteiger partial charge in [0, 0.05) is 5.56 Å². The Bertz CT molecular complexity index is 992. The van der Waals surface area contributed by atoms with E-state index < -0.39 is 0 Å². The number of hydrogen-bond donors (Lipinski definition) is 1. The smallest absolute Gasteiger partial charge is 0.291 e. The van der Waals surface area contributed by atoms with Gasteiger partial charge >= 0.3 is 0 Å². The molecule has 2 heterocycles.